The van der Waals surface area contributed by atoms with Crippen molar-refractivity contribution in [3.8, 4) is 0 Å². The summed E-state index contributed by atoms with van der Waals surface area (Å²) in [6.07, 6.45) is 3.94. The van der Waals surface area contributed by atoms with Gasteiger partial charge in [-0.15, -0.1) is 12.4 Å². The van der Waals surface area contributed by atoms with Gasteiger partial charge in [-0.3, -0.25) is 9.59 Å². The number of halogens is 1. The SMILES string of the molecule is CC(C)CC[C@H]1[C@H]2C[C@H](CN(C(=O)[C@H]3Cc4ccccc4CN3)C2)c2cccc(=O)n21.Cl. The van der Waals surface area contributed by atoms with Gasteiger partial charge in [-0.25, -0.2) is 0 Å². The topological polar surface area (TPSA) is 54.3 Å². The highest BCUT2D eigenvalue weighted by Gasteiger charge is 2.42. The van der Waals surface area contributed by atoms with Crippen LogP contribution in [0.15, 0.2) is 47.3 Å². The normalized spacial score (nSPS) is 26.2. The van der Waals surface area contributed by atoms with Crippen LogP contribution in [-0.2, 0) is 17.8 Å². The standard InChI is InChI=1S/C26H33N3O2.ClH/c1-17(2)10-11-24-21-12-20(23-8-5-9-25(30)29(23)24)15-28(16-21)26(31)22-13-18-6-3-4-7-19(18)14-27-22;/h3-9,17,20-22,24,27H,10-16H2,1-2H3;1H/t20-,21+,22-,24+;/m1./s1. The number of aromatic nitrogens is 1. The first kappa shape index (κ1) is 23.1. The van der Waals surface area contributed by atoms with Gasteiger partial charge in [0.2, 0.25) is 5.91 Å². The molecular weight excluding hydrogens is 422 g/mol. The minimum atomic E-state index is -0.152. The van der Waals surface area contributed by atoms with Crippen molar-refractivity contribution in [2.75, 3.05) is 13.1 Å². The van der Waals surface area contributed by atoms with Crippen LogP contribution in [-0.4, -0.2) is 34.5 Å². The van der Waals surface area contributed by atoms with Crippen molar-refractivity contribution in [3.63, 3.8) is 0 Å². The van der Waals surface area contributed by atoms with Crippen molar-refractivity contribution < 1.29 is 4.79 Å². The van der Waals surface area contributed by atoms with Crippen molar-refractivity contribution in [1.29, 1.82) is 0 Å². The number of amides is 1. The molecule has 4 heterocycles. The molecule has 0 radical (unpaired) electrons. The summed E-state index contributed by atoms with van der Waals surface area (Å²) >= 11 is 0. The molecule has 0 spiro atoms. The van der Waals surface area contributed by atoms with Crippen molar-refractivity contribution in [1.82, 2.24) is 14.8 Å². The number of hydrogen-bond acceptors (Lipinski definition) is 3. The monoisotopic (exact) mass is 455 g/mol. The van der Waals surface area contributed by atoms with Crippen LogP contribution in [0, 0.1) is 11.8 Å². The number of benzene rings is 1. The lowest BCUT2D eigenvalue weighted by Gasteiger charge is -2.48. The molecule has 3 aliphatic heterocycles. The second-order valence-electron chi connectivity index (χ2n) is 10.0. The fraction of sp³-hybridized carbons (Fsp3) is 0.538. The maximum atomic E-state index is 13.5. The summed E-state index contributed by atoms with van der Waals surface area (Å²) in [7, 11) is 0. The highest BCUT2D eigenvalue weighted by molar-refractivity contribution is 5.85. The van der Waals surface area contributed by atoms with Gasteiger partial charge < -0.3 is 14.8 Å². The molecule has 4 atom stereocenters. The Labute approximate surface area is 196 Å². The Kier molecular flexibility index (Phi) is 6.78. The molecule has 0 aliphatic carbocycles. The second-order valence-corrected chi connectivity index (χ2v) is 10.0. The number of hydrogen-bond donors (Lipinski definition) is 1. The van der Waals surface area contributed by atoms with E-state index in [-0.39, 0.29) is 41.9 Å². The van der Waals surface area contributed by atoms with Crippen LogP contribution in [0.3, 0.4) is 0 Å². The predicted molar refractivity (Wildman–Crippen MR) is 129 cm³/mol. The molecule has 3 aliphatic rings. The number of fused-ring (bicyclic) bond motifs is 5. The van der Waals surface area contributed by atoms with Crippen LogP contribution in [0.5, 0.6) is 0 Å². The summed E-state index contributed by atoms with van der Waals surface area (Å²) in [6, 6.07) is 14.1. The molecular formula is C26H34ClN3O2. The van der Waals surface area contributed by atoms with Crippen molar-refractivity contribution >= 4 is 18.3 Å². The zero-order chi connectivity index (χ0) is 21.5. The first-order valence-corrected chi connectivity index (χ1v) is 11.8. The van der Waals surface area contributed by atoms with Crippen LogP contribution in [0.4, 0.5) is 0 Å². The van der Waals surface area contributed by atoms with Gasteiger partial charge in [0.25, 0.3) is 5.56 Å². The van der Waals surface area contributed by atoms with Crippen LogP contribution < -0.4 is 10.9 Å². The maximum absolute atomic E-state index is 13.5. The average molecular weight is 456 g/mol. The van der Waals surface area contributed by atoms with Gasteiger partial charge in [0.15, 0.2) is 0 Å². The van der Waals surface area contributed by atoms with E-state index in [4.69, 9.17) is 0 Å². The third-order valence-corrected chi connectivity index (χ3v) is 7.53. The number of carbonyl (C=O) groups is 1. The molecule has 0 saturated carbocycles. The molecule has 1 amide bonds. The lowest BCUT2D eigenvalue weighted by atomic mass is 9.76. The molecule has 1 saturated heterocycles. The third-order valence-electron chi connectivity index (χ3n) is 7.53. The van der Waals surface area contributed by atoms with Crippen molar-refractivity contribution in [2.45, 2.75) is 64.1 Å². The number of rotatable bonds is 4. The van der Waals surface area contributed by atoms with E-state index in [1.54, 1.807) is 6.07 Å². The first-order valence-electron chi connectivity index (χ1n) is 11.8. The first-order chi connectivity index (χ1) is 15.0. The minimum absolute atomic E-state index is 0. The highest BCUT2D eigenvalue weighted by Crippen LogP contribution is 2.43. The molecule has 32 heavy (non-hydrogen) atoms. The Balaban J connectivity index is 0.00000245. The summed E-state index contributed by atoms with van der Waals surface area (Å²) in [6.45, 7) is 6.71. The van der Waals surface area contributed by atoms with Crippen LogP contribution in [0.25, 0.3) is 0 Å². The van der Waals surface area contributed by atoms with Gasteiger partial charge in [-0.05, 0) is 54.7 Å². The Morgan fingerprint density at radius 2 is 1.88 bits per heavy atom. The van der Waals surface area contributed by atoms with E-state index >= 15 is 0 Å². The third kappa shape index (κ3) is 4.25. The van der Waals surface area contributed by atoms with E-state index in [0.29, 0.717) is 11.8 Å². The zero-order valence-corrected chi connectivity index (χ0v) is 19.8. The summed E-state index contributed by atoms with van der Waals surface area (Å²) < 4.78 is 2.07. The molecule has 2 bridgehead atoms. The summed E-state index contributed by atoms with van der Waals surface area (Å²) in [5.41, 5.74) is 3.82. The van der Waals surface area contributed by atoms with Crippen LogP contribution in [0.1, 0.15) is 61.9 Å². The smallest absolute Gasteiger partial charge is 0.250 e. The van der Waals surface area contributed by atoms with Gasteiger partial charge >= 0.3 is 0 Å². The lowest BCUT2D eigenvalue weighted by molar-refractivity contribution is -0.136. The van der Waals surface area contributed by atoms with Gasteiger partial charge in [0.05, 0.1) is 6.04 Å². The van der Waals surface area contributed by atoms with Crippen molar-refractivity contribution in [2.24, 2.45) is 11.8 Å². The van der Waals surface area contributed by atoms with Gasteiger partial charge in [-0.2, -0.15) is 0 Å². The maximum Gasteiger partial charge on any atom is 0.250 e. The van der Waals surface area contributed by atoms with E-state index in [1.807, 2.05) is 6.07 Å². The molecule has 0 unspecified atom stereocenters. The molecule has 172 valence electrons. The molecule has 1 fully saturated rings. The fourth-order valence-corrected chi connectivity index (χ4v) is 5.94. The van der Waals surface area contributed by atoms with Gasteiger partial charge in [-0.1, -0.05) is 44.2 Å². The van der Waals surface area contributed by atoms with Gasteiger partial charge in [0.1, 0.15) is 0 Å². The molecule has 5 nitrogen and oxygen atoms in total. The fourth-order valence-electron chi connectivity index (χ4n) is 5.94. The van der Waals surface area contributed by atoms with Crippen molar-refractivity contribution in [3.05, 3.63) is 69.6 Å². The summed E-state index contributed by atoms with van der Waals surface area (Å²) in [5, 5.41) is 3.47. The number of nitrogens with one attached hydrogen (secondary N) is 1. The number of carbonyl (C=O) groups excluding carboxylic acids is 1. The van der Waals surface area contributed by atoms with E-state index < -0.39 is 0 Å². The molecule has 1 aromatic heterocycles. The Morgan fingerprint density at radius 3 is 2.66 bits per heavy atom. The zero-order valence-electron chi connectivity index (χ0n) is 19.0. The highest BCUT2D eigenvalue weighted by atomic mass is 35.5. The number of piperidine rings is 1. The predicted octanol–water partition coefficient (Wildman–Crippen LogP) is 3.91. The van der Waals surface area contributed by atoms with E-state index in [2.05, 4.69) is 59.0 Å². The van der Waals surface area contributed by atoms with E-state index in [9.17, 15) is 9.59 Å². The summed E-state index contributed by atoms with van der Waals surface area (Å²) in [5.74, 6) is 1.43. The number of nitrogens with zero attached hydrogens (tertiary/aromatic N) is 2. The Bertz CT molecular complexity index is 1030. The van der Waals surface area contributed by atoms with Gasteiger partial charge in [0, 0.05) is 43.4 Å². The largest absolute Gasteiger partial charge is 0.340 e. The summed E-state index contributed by atoms with van der Waals surface area (Å²) in [4.78, 5) is 28.4. The molecule has 6 heteroatoms. The Morgan fingerprint density at radius 1 is 1.09 bits per heavy atom. The molecule has 2 aromatic rings. The molecule has 1 N–H and O–H groups in total. The molecule has 5 rings (SSSR count). The van der Waals surface area contributed by atoms with E-state index in [0.717, 1.165) is 51.0 Å². The van der Waals surface area contributed by atoms with Crippen LogP contribution >= 0.6 is 12.4 Å². The second kappa shape index (κ2) is 9.40. The molecule has 1 aromatic carbocycles. The Hall–Kier alpha value is -2.11. The van der Waals surface area contributed by atoms with Crippen LogP contribution in [0.2, 0.25) is 0 Å². The quantitative estimate of drug-likeness (QED) is 0.760. The minimum Gasteiger partial charge on any atom is -0.340 e. The number of likely N-dealkylation sites (tertiary alicyclic amines) is 1. The van der Waals surface area contributed by atoms with E-state index in [1.165, 1.54) is 11.1 Å². The average Bonchev–Trinajstić information content (AvgIpc) is 2.78. The number of pyridine rings is 1. The lowest BCUT2D eigenvalue weighted by Crippen LogP contribution is -2.56.